The number of hydrogen-bond acceptors (Lipinski definition) is 4. The average Bonchev–Trinajstić information content (AvgIpc) is 3.07. The van der Waals surface area contributed by atoms with E-state index in [1.807, 2.05) is 24.4 Å². The topological polar surface area (TPSA) is 77.3 Å². The number of hydrogen-bond donors (Lipinski definition) is 2. The molecule has 0 saturated heterocycles. The van der Waals surface area contributed by atoms with Gasteiger partial charge in [-0.1, -0.05) is 0 Å². The fourth-order valence-electron chi connectivity index (χ4n) is 2.06. The predicted octanol–water partition coefficient (Wildman–Crippen LogP) is 1.56. The first-order valence-electron chi connectivity index (χ1n) is 7.02. The SMILES string of the molecule is COc1ccc(OC)c(NC(=O)C[NH2+][C@@H](C)c2ccco2)c1. The lowest BCUT2D eigenvalue weighted by Crippen LogP contribution is -2.86. The number of anilines is 1. The third kappa shape index (κ3) is 4.02. The van der Waals surface area contributed by atoms with Crippen LogP contribution in [-0.4, -0.2) is 26.7 Å². The van der Waals surface area contributed by atoms with E-state index < -0.39 is 0 Å². The Morgan fingerprint density at radius 1 is 1.32 bits per heavy atom. The zero-order chi connectivity index (χ0) is 15.9. The summed E-state index contributed by atoms with van der Waals surface area (Å²) in [5, 5.41) is 4.73. The molecule has 0 unspecified atom stereocenters. The van der Waals surface area contributed by atoms with Crippen LogP contribution < -0.4 is 20.1 Å². The van der Waals surface area contributed by atoms with E-state index >= 15 is 0 Å². The van der Waals surface area contributed by atoms with Crippen molar-refractivity contribution in [3.05, 3.63) is 42.4 Å². The molecule has 2 rings (SSSR count). The number of methoxy groups -OCH3 is 2. The van der Waals surface area contributed by atoms with Crippen LogP contribution in [0.2, 0.25) is 0 Å². The first kappa shape index (κ1) is 15.9. The van der Waals surface area contributed by atoms with Crippen molar-refractivity contribution < 1.29 is 24.0 Å². The average molecular weight is 305 g/mol. The highest BCUT2D eigenvalue weighted by Crippen LogP contribution is 2.28. The molecule has 0 aliphatic rings. The second-order valence-electron chi connectivity index (χ2n) is 4.86. The van der Waals surface area contributed by atoms with Gasteiger partial charge in [-0.3, -0.25) is 4.79 Å². The Labute approximate surface area is 129 Å². The number of ether oxygens (including phenoxy) is 2. The molecule has 1 aromatic carbocycles. The molecule has 6 nitrogen and oxygen atoms in total. The van der Waals surface area contributed by atoms with Gasteiger partial charge in [0.05, 0.1) is 26.2 Å². The molecule has 1 aromatic heterocycles. The van der Waals surface area contributed by atoms with E-state index in [-0.39, 0.29) is 18.5 Å². The van der Waals surface area contributed by atoms with Gasteiger partial charge in [0.1, 0.15) is 17.5 Å². The molecule has 6 heteroatoms. The van der Waals surface area contributed by atoms with Crippen LogP contribution in [0.1, 0.15) is 18.7 Å². The van der Waals surface area contributed by atoms with E-state index in [0.717, 1.165) is 5.76 Å². The second-order valence-corrected chi connectivity index (χ2v) is 4.86. The molecular formula is C16H21N2O4+. The highest BCUT2D eigenvalue weighted by Gasteiger charge is 2.15. The molecule has 1 amide bonds. The van der Waals surface area contributed by atoms with Crippen LogP contribution in [0.4, 0.5) is 5.69 Å². The number of quaternary nitrogens is 1. The van der Waals surface area contributed by atoms with Crippen molar-refractivity contribution in [2.75, 3.05) is 26.1 Å². The molecule has 0 radical (unpaired) electrons. The summed E-state index contributed by atoms with van der Waals surface area (Å²) in [5.74, 6) is 1.97. The normalized spacial score (nSPS) is 11.8. The minimum atomic E-state index is -0.120. The maximum Gasteiger partial charge on any atom is 0.279 e. The van der Waals surface area contributed by atoms with Gasteiger partial charge in [0.15, 0.2) is 12.3 Å². The first-order valence-corrected chi connectivity index (χ1v) is 7.02. The lowest BCUT2D eigenvalue weighted by atomic mass is 10.2. The Kier molecular flexibility index (Phi) is 5.43. The van der Waals surface area contributed by atoms with Gasteiger partial charge in [-0.25, -0.2) is 0 Å². The van der Waals surface area contributed by atoms with E-state index in [1.54, 1.807) is 38.7 Å². The number of carbonyl (C=O) groups is 1. The Bertz CT molecular complexity index is 611. The fourth-order valence-corrected chi connectivity index (χ4v) is 2.06. The van der Waals surface area contributed by atoms with Gasteiger partial charge in [-0.05, 0) is 31.2 Å². The summed E-state index contributed by atoms with van der Waals surface area (Å²) in [6.07, 6.45) is 1.63. The fraction of sp³-hybridized carbons (Fsp3) is 0.312. The van der Waals surface area contributed by atoms with Gasteiger partial charge in [0.2, 0.25) is 0 Å². The predicted molar refractivity (Wildman–Crippen MR) is 82.1 cm³/mol. The van der Waals surface area contributed by atoms with Gasteiger partial charge in [0, 0.05) is 6.07 Å². The number of benzene rings is 1. The Balaban J connectivity index is 1.94. The zero-order valence-electron chi connectivity index (χ0n) is 13.0. The summed E-state index contributed by atoms with van der Waals surface area (Å²) in [7, 11) is 3.13. The molecule has 0 saturated carbocycles. The highest BCUT2D eigenvalue weighted by molar-refractivity contribution is 5.93. The summed E-state index contributed by atoms with van der Waals surface area (Å²) in [5.41, 5.74) is 0.589. The molecule has 0 aliphatic heterocycles. The van der Waals surface area contributed by atoms with Crippen LogP contribution in [0.15, 0.2) is 41.0 Å². The van der Waals surface area contributed by atoms with Crippen LogP contribution in [0.5, 0.6) is 11.5 Å². The van der Waals surface area contributed by atoms with Crippen molar-refractivity contribution in [1.82, 2.24) is 0 Å². The molecule has 0 aliphatic carbocycles. The molecule has 118 valence electrons. The third-order valence-corrected chi connectivity index (χ3v) is 3.33. The van der Waals surface area contributed by atoms with E-state index in [0.29, 0.717) is 17.2 Å². The van der Waals surface area contributed by atoms with E-state index in [2.05, 4.69) is 5.32 Å². The molecule has 3 N–H and O–H groups in total. The lowest BCUT2D eigenvalue weighted by Gasteiger charge is -2.12. The van der Waals surface area contributed by atoms with Crippen molar-refractivity contribution in [2.45, 2.75) is 13.0 Å². The van der Waals surface area contributed by atoms with Gasteiger partial charge >= 0.3 is 0 Å². The standard InChI is InChI=1S/C16H20N2O4/c1-11(14-5-4-8-22-14)17-10-16(19)18-13-9-12(20-2)6-7-15(13)21-3/h4-9,11,17H,10H2,1-3H3,(H,18,19)/p+1/t11-/m0/s1. The molecule has 22 heavy (non-hydrogen) atoms. The minimum absolute atomic E-state index is 0.0768. The van der Waals surface area contributed by atoms with E-state index in [1.165, 1.54) is 0 Å². The summed E-state index contributed by atoms with van der Waals surface area (Å²) < 4.78 is 15.7. The van der Waals surface area contributed by atoms with Crippen LogP contribution in [0.3, 0.4) is 0 Å². The molecule has 1 heterocycles. The number of furan rings is 1. The summed E-state index contributed by atoms with van der Waals surface area (Å²) >= 11 is 0. The van der Waals surface area contributed by atoms with Gasteiger partial charge in [-0.2, -0.15) is 0 Å². The van der Waals surface area contributed by atoms with Crippen LogP contribution in [0, 0.1) is 0 Å². The number of rotatable bonds is 7. The van der Waals surface area contributed by atoms with E-state index in [9.17, 15) is 4.79 Å². The number of carbonyl (C=O) groups excluding carboxylic acids is 1. The first-order chi connectivity index (χ1) is 10.6. The van der Waals surface area contributed by atoms with Crippen molar-refractivity contribution in [3.8, 4) is 11.5 Å². The monoisotopic (exact) mass is 305 g/mol. The summed E-state index contributed by atoms with van der Waals surface area (Å²) in [6, 6.07) is 9.06. The van der Waals surface area contributed by atoms with Gasteiger partial charge in [-0.15, -0.1) is 0 Å². The molecule has 1 atom stereocenters. The minimum Gasteiger partial charge on any atom is -0.497 e. The van der Waals surface area contributed by atoms with Crippen molar-refractivity contribution in [2.24, 2.45) is 0 Å². The maximum atomic E-state index is 12.1. The number of nitrogens with two attached hydrogens (primary N) is 1. The molecule has 0 bridgehead atoms. The lowest BCUT2D eigenvalue weighted by molar-refractivity contribution is -0.684. The van der Waals surface area contributed by atoms with Crippen molar-refractivity contribution >= 4 is 11.6 Å². The van der Waals surface area contributed by atoms with Crippen molar-refractivity contribution in [1.29, 1.82) is 0 Å². The van der Waals surface area contributed by atoms with Gasteiger partial charge in [0.25, 0.3) is 5.91 Å². The quantitative estimate of drug-likeness (QED) is 0.814. The molecule has 0 fully saturated rings. The van der Waals surface area contributed by atoms with Crippen LogP contribution >= 0.6 is 0 Å². The Morgan fingerprint density at radius 3 is 2.77 bits per heavy atom. The van der Waals surface area contributed by atoms with E-state index in [4.69, 9.17) is 13.9 Å². The van der Waals surface area contributed by atoms with Crippen LogP contribution in [0.25, 0.3) is 0 Å². The Morgan fingerprint density at radius 2 is 2.14 bits per heavy atom. The smallest absolute Gasteiger partial charge is 0.279 e. The number of nitrogens with one attached hydrogen (secondary N) is 1. The van der Waals surface area contributed by atoms with Gasteiger partial charge < -0.3 is 24.5 Å². The molecule has 0 spiro atoms. The maximum absolute atomic E-state index is 12.1. The van der Waals surface area contributed by atoms with Crippen LogP contribution in [-0.2, 0) is 4.79 Å². The number of amides is 1. The van der Waals surface area contributed by atoms with Crippen molar-refractivity contribution in [3.63, 3.8) is 0 Å². The largest absolute Gasteiger partial charge is 0.497 e. The zero-order valence-corrected chi connectivity index (χ0v) is 13.0. The highest BCUT2D eigenvalue weighted by atomic mass is 16.5. The summed E-state index contributed by atoms with van der Waals surface area (Å²) in [4.78, 5) is 12.1. The summed E-state index contributed by atoms with van der Waals surface area (Å²) in [6.45, 7) is 2.26. The molecular weight excluding hydrogens is 284 g/mol. The molecule has 2 aromatic rings. The Hall–Kier alpha value is -2.47. The second kappa shape index (κ2) is 7.51. The third-order valence-electron chi connectivity index (χ3n) is 3.33.